The van der Waals surface area contributed by atoms with Crippen LogP contribution in [0.15, 0.2) is 84.9 Å². The van der Waals surface area contributed by atoms with Crippen molar-refractivity contribution in [1.82, 2.24) is 15.0 Å². The molecular weight excluding hydrogens is 390 g/mol. The molecule has 0 saturated carbocycles. The molecule has 0 aliphatic rings. The summed E-state index contributed by atoms with van der Waals surface area (Å²) in [6, 6.07) is 30.0. The van der Waals surface area contributed by atoms with Gasteiger partial charge in [-0.2, -0.15) is 0 Å². The Morgan fingerprint density at radius 2 is 1.00 bits per heavy atom. The second-order valence-electron chi connectivity index (χ2n) is 8.40. The molecule has 0 amide bonds. The maximum absolute atomic E-state index is 5.03. The first-order valence-electron chi connectivity index (χ1n) is 11.4. The molecule has 0 N–H and O–H groups in total. The minimum absolute atomic E-state index is 0.0767. The highest BCUT2D eigenvalue weighted by molar-refractivity contribution is 5.87. The quantitative estimate of drug-likeness (QED) is 0.308. The van der Waals surface area contributed by atoms with Crippen LogP contribution in [0.2, 0.25) is 0 Å². The molecule has 3 nitrogen and oxygen atoms in total. The van der Waals surface area contributed by atoms with Gasteiger partial charge < -0.3 is 0 Å². The first-order chi connectivity index (χ1) is 15.7. The van der Waals surface area contributed by atoms with Crippen molar-refractivity contribution >= 4 is 21.5 Å². The Bertz CT molecular complexity index is 1290. The first-order valence-corrected chi connectivity index (χ1v) is 11.4. The van der Waals surface area contributed by atoms with E-state index in [1.54, 1.807) is 0 Å². The van der Waals surface area contributed by atoms with E-state index in [1.165, 1.54) is 32.7 Å². The Morgan fingerprint density at radius 1 is 0.562 bits per heavy atom. The molecule has 5 rings (SSSR count). The number of aryl methyl sites for hydroxylation is 1. The van der Waals surface area contributed by atoms with Crippen LogP contribution in [0.5, 0.6) is 0 Å². The summed E-state index contributed by atoms with van der Waals surface area (Å²) in [7, 11) is 0. The Kier molecular flexibility index (Phi) is 5.40. The summed E-state index contributed by atoms with van der Waals surface area (Å²) in [6.45, 7) is 6.50. The average molecular weight is 418 g/mol. The van der Waals surface area contributed by atoms with Gasteiger partial charge in [-0.1, -0.05) is 106 Å². The van der Waals surface area contributed by atoms with Gasteiger partial charge in [0.15, 0.2) is 0 Å². The van der Waals surface area contributed by atoms with Gasteiger partial charge >= 0.3 is 0 Å². The molecule has 0 bridgehead atoms. The number of nitrogens with zero attached hydrogens (tertiary/aromatic N) is 3. The highest BCUT2D eigenvalue weighted by Gasteiger charge is 2.20. The van der Waals surface area contributed by atoms with Crippen molar-refractivity contribution in [2.24, 2.45) is 0 Å². The SMILES string of the molecule is CCc1nc(C(C)c2cccc3ccccc23)nc(C(C)c2cccc3ccccc23)n1. The fraction of sp³-hybridized carbons (Fsp3) is 0.207. The van der Waals surface area contributed by atoms with Gasteiger partial charge in [0.1, 0.15) is 17.5 Å². The van der Waals surface area contributed by atoms with Gasteiger partial charge in [-0.05, 0) is 32.7 Å². The van der Waals surface area contributed by atoms with Crippen LogP contribution in [0.1, 0.15) is 61.2 Å². The van der Waals surface area contributed by atoms with E-state index in [0.717, 1.165) is 23.9 Å². The lowest BCUT2D eigenvalue weighted by atomic mass is 9.93. The Labute approximate surface area is 189 Å². The predicted molar refractivity (Wildman–Crippen MR) is 132 cm³/mol. The lowest BCUT2D eigenvalue weighted by Crippen LogP contribution is -2.13. The molecule has 1 heterocycles. The number of benzene rings is 4. The van der Waals surface area contributed by atoms with Crippen molar-refractivity contribution < 1.29 is 0 Å². The molecule has 0 aliphatic carbocycles. The summed E-state index contributed by atoms with van der Waals surface area (Å²) in [6.07, 6.45) is 0.785. The molecule has 2 unspecified atom stereocenters. The van der Waals surface area contributed by atoms with Gasteiger partial charge in [-0.25, -0.2) is 15.0 Å². The lowest BCUT2D eigenvalue weighted by Gasteiger charge is -2.18. The summed E-state index contributed by atoms with van der Waals surface area (Å²) < 4.78 is 0. The van der Waals surface area contributed by atoms with Crippen molar-refractivity contribution in [2.75, 3.05) is 0 Å². The van der Waals surface area contributed by atoms with E-state index in [0.29, 0.717) is 0 Å². The predicted octanol–water partition coefficient (Wildman–Crippen LogP) is 7.04. The second kappa shape index (κ2) is 8.51. The van der Waals surface area contributed by atoms with Crippen molar-refractivity contribution in [2.45, 2.75) is 39.0 Å². The van der Waals surface area contributed by atoms with Gasteiger partial charge in [0.05, 0.1) is 0 Å². The monoisotopic (exact) mass is 417 g/mol. The molecule has 158 valence electrons. The summed E-state index contributed by atoms with van der Waals surface area (Å²) in [5.41, 5.74) is 2.50. The molecule has 0 aliphatic heterocycles. The maximum Gasteiger partial charge on any atom is 0.139 e. The molecule has 0 radical (unpaired) electrons. The van der Waals surface area contributed by atoms with E-state index in [-0.39, 0.29) is 11.8 Å². The van der Waals surface area contributed by atoms with Crippen LogP contribution in [0.4, 0.5) is 0 Å². The lowest BCUT2D eigenvalue weighted by molar-refractivity contribution is 0.702. The van der Waals surface area contributed by atoms with E-state index in [1.807, 2.05) is 0 Å². The van der Waals surface area contributed by atoms with Crippen LogP contribution < -0.4 is 0 Å². The molecule has 32 heavy (non-hydrogen) atoms. The highest BCUT2D eigenvalue weighted by atomic mass is 15.0. The molecule has 0 fully saturated rings. The molecule has 0 saturated heterocycles. The number of aromatic nitrogens is 3. The topological polar surface area (TPSA) is 38.7 Å². The number of rotatable bonds is 5. The summed E-state index contributed by atoms with van der Waals surface area (Å²) in [5.74, 6) is 2.69. The molecule has 2 atom stereocenters. The van der Waals surface area contributed by atoms with E-state index in [9.17, 15) is 0 Å². The van der Waals surface area contributed by atoms with Crippen molar-refractivity contribution in [3.8, 4) is 0 Å². The smallest absolute Gasteiger partial charge is 0.139 e. The van der Waals surface area contributed by atoms with Crippen LogP contribution in [0, 0.1) is 0 Å². The summed E-state index contributed by atoms with van der Waals surface area (Å²) in [4.78, 5) is 14.7. The summed E-state index contributed by atoms with van der Waals surface area (Å²) in [5, 5.41) is 4.99. The molecule has 3 heteroatoms. The number of fused-ring (bicyclic) bond motifs is 2. The van der Waals surface area contributed by atoms with Crippen LogP contribution in [-0.2, 0) is 6.42 Å². The molecule has 0 spiro atoms. The van der Waals surface area contributed by atoms with Crippen LogP contribution in [-0.4, -0.2) is 15.0 Å². The van der Waals surface area contributed by atoms with Gasteiger partial charge in [-0.3, -0.25) is 0 Å². The van der Waals surface area contributed by atoms with E-state index >= 15 is 0 Å². The minimum Gasteiger partial charge on any atom is -0.217 e. The fourth-order valence-electron chi connectivity index (χ4n) is 4.54. The van der Waals surface area contributed by atoms with Gasteiger partial charge in [0.2, 0.25) is 0 Å². The third-order valence-corrected chi connectivity index (χ3v) is 6.39. The van der Waals surface area contributed by atoms with Gasteiger partial charge in [0, 0.05) is 18.3 Å². The van der Waals surface area contributed by atoms with Crippen LogP contribution >= 0.6 is 0 Å². The van der Waals surface area contributed by atoms with E-state index in [4.69, 9.17) is 15.0 Å². The fourth-order valence-corrected chi connectivity index (χ4v) is 4.54. The van der Waals surface area contributed by atoms with Crippen LogP contribution in [0.3, 0.4) is 0 Å². The molecular formula is C29H27N3. The van der Waals surface area contributed by atoms with Crippen molar-refractivity contribution in [3.05, 3.63) is 114 Å². The maximum atomic E-state index is 5.03. The van der Waals surface area contributed by atoms with E-state index < -0.39 is 0 Å². The number of hydrogen-bond donors (Lipinski definition) is 0. The second-order valence-corrected chi connectivity index (χ2v) is 8.40. The highest BCUT2D eigenvalue weighted by Crippen LogP contribution is 2.32. The normalized spacial score (nSPS) is 13.3. The zero-order chi connectivity index (χ0) is 22.1. The van der Waals surface area contributed by atoms with Gasteiger partial charge in [0.25, 0.3) is 0 Å². The van der Waals surface area contributed by atoms with Gasteiger partial charge in [-0.15, -0.1) is 0 Å². The van der Waals surface area contributed by atoms with Crippen molar-refractivity contribution in [1.29, 1.82) is 0 Å². The average Bonchev–Trinajstić information content (AvgIpc) is 2.86. The number of hydrogen-bond acceptors (Lipinski definition) is 3. The zero-order valence-corrected chi connectivity index (χ0v) is 18.8. The van der Waals surface area contributed by atoms with E-state index in [2.05, 4.69) is 106 Å². The first kappa shape index (κ1) is 20.3. The molecule has 1 aromatic heterocycles. The molecule has 5 aromatic rings. The Morgan fingerprint density at radius 3 is 1.47 bits per heavy atom. The third-order valence-electron chi connectivity index (χ3n) is 6.39. The largest absolute Gasteiger partial charge is 0.217 e. The van der Waals surface area contributed by atoms with Crippen molar-refractivity contribution in [3.63, 3.8) is 0 Å². The standard InChI is InChI=1S/C29H27N3/c1-4-27-30-28(19(2)23-17-9-13-21-11-5-7-15-25(21)23)32-29(31-27)20(3)24-18-10-14-22-12-6-8-16-26(22)24/h5-20H,4H2,1-3H3. The Hall–Kier alpha value is -3.59. The summed E-state index contributed by atoms with van der Waals surface area (Å²) >= 11 is 0. The van der Waals surface area contributed by atoms with Crippen LogP contribution in [0.25, 0.3) is 21.5 Å². The third kappa shape index (κ3) is 3.64. The molecule has 4 aromatic carbocycles. The zero-order valence-electron chi connectivity index (χ0n) is 18.8. The minimum atomic E-state index is 0.0767. The Balaban J connectivity index is 1.61.